The third kappa shape index (κ3) is 9.94. The van der Waals surface area contributed by atoms with Gasteiger partial charge in [-0.05, 0) is 30.7 Å². The zero-order valence-electron chi connectivity index (χ0n) is 20.3. The van der Waals surface area contributed by atoms with Crippen molar-refractivity contribution in [1.29, 1.82) is 0 Å². The Labute approximate surface area is 221 Å². The molecule has 10 nitrogen and oxygen atoms in total. The second kappa shape index (κ2) is 13.4. The van der Waals surface area contributed by atoms with Crippen LogP contribution in [0.1, 0.15) is 18.5 Å². The molecular formula is C23H22F7N3O7. The quantitative estimate of drug-likeness (QED) is 0.518. The number of nitrogens with zero attached hydrogens (tertiary/aromatic N) is 3. The Hall–Kier alpha value is -4.02. The van der Waals surface area contributed by atoms with Crippen LogP contribution in [0.4, 0.5) is 30.7 Å². The molecule has 4 heterocycles. The van der Waals surface area contributed by atoms with Crippen LogP contribution in [-0.4, -0.2) is 86.7 Å². The van der Waals surface area contributed by atoms with E-state index in [0.717, 1.165) is 12.1 Å². The Balaban J connectivity index is 0.000000333. The van der Waals surface area contributed by atoms with Crippen molar-refractivity contribution in [3.05, 3.63) is 54.2 Å². The highest BCUT2D eigenvalue weighted by molar-refractivity contribution is 5.78. The molecule has 0 radical (unpaired) electrons. The number of rotatable bonds is 4. The Kier molecular flexibility index (Phi) is 10.8. The van der Waals surface area contributed by atoms with Gasteiger partial charge in [0.2, 0.25) is 5.91 Å². The predicted octanol–water partition coefficient (Wildman–Crippen LogP) is 3.26. The summed E-state index contributed by atoms with van der Waals surface area (Å²) < 4.78 is 88.8. The SMILES string of the molecule is O=C(Cc1ccccn1)N1CC[C@]2(C[C@@H](Oc3ncccc3F)CO2)C1.O=C(O)C(F)(F)F.O=C(O)C(F)(F)F. The van der Waals surface area contributed by atoms with Crippen molar-refractivity contribution in [1.82, 2.24) is 14.9 Å². The van der Waals surface area contributed by atoms with E-state index in [-0.39, 0.29) is 24.3 Å². The number of likely N-dealkylation sites (tertiary alicyclic amines) is 1. The fourth-order valence-corrected chi connectivity index (χ4v) is 3.61. The lowest BCUT2D eigenvalue weighted by Gasteiger charge is -2.23. The van der Waals surface area contributed by atoms with E-state index in [2.05, 4.69) is 9.97 Å². The molecule has 0 saturated carbocycles. The van der Waals surface area contributed by atoms with Crippen molar-refractivity contribution in [2.45, 2.75) is 43.3 Å². The molecule has 220 valence electrons. The number of pyridine rings is 2. The van der Waals surface area contributed by atoms with E-state index in [1.165, 1.54) is 18.3 Å². The second-order valence-electron chi connectivity index (χ2n) is 8.40. The van der Waals surface area contributed by atoms with E-state index in [9.17, 15) is 35.5 Å². The molecule has 2 atom stereocenters. The topological polar surface area (TPSA) is 139 Å². The number of aliphatic carboxylic acids is 2. The van der Waals surface area contributed by atoms with Gasteiger partial charge in [0.05, 0.1) is 18.6 Å². The molecular weight excluding hydrogens is 563 g/mol. The van der Waals surface area contributed by atoms with Crippen molar-refractivity contribution in [2.75, 3.05) is 19.7 Å². The maximum atomic E-state index is 13.7. The van der Waals surface area contributed by atoms with Crippen LogP contribution in [0.3, 0.4) is 0 Å². The standard InChI is InChI=1S/C19H20FN3O3.2C2HF3O2/c20-16-5-3-8-22-18(16)26-15-11-19(25-12-15)6-9-23(13-19)17(24)10-14-4-1-2-7-21-14;2*3-2(4,5)1(6)7/h1-5,7-8,15H,6,9-13H2;2*(H,6,7)/t15-,19+;;/m1../s1. The molecule has 1 spiro atoms. The number of ether oxygens (including phenoxy) is 2. The van der Waals surface area contributed by atoms with Gasteiger partial charge in [-0.25, -0.2) is 19.0 Å². The van der Waals surface area contributed by atoms with Crippen LogP contribution in [0.5, 0.6) is 5.88 Å². The lowest BCUT2D eigenvalue weighted by Crippen LogP contribution is -2.37. The molecule has 2 aromatic heterocycles. The number of hydrogen-bond donors (Lipinski definition) is 2. The Morgan fingerprint density at radius 1 is 1.00 bits per heavy atom. The van der Waals surface area contributed by atoms with E-state index in [0.29, 0.717) is 26.1 Å². The van der Waals surface area contributed by atoms with Crippen molar-refractivity contribution >= 4 is 17.8 Å². The van der Waals surface area contributed by atoms with Crippen LogP contribution in [0, 0.1) is 5.82 Å². The first-order valence-electron chi connectivity index (χ1n) is 11.2. The molecule has 2 aliphatic rings. The van der Waals surface area contributed by atoms with Crippen LogP contribution in [0.2, 0.25) is 0 Å². The summed E-state index contributed by atoms with van der Waals surface area (Å²) in [4.78, 5) is 40.2. The van der Waals surface area contributed by atoms with Gasteiger partial charge < -0.3 is 24.6 Å². The maximum Gasteiger partial charge on any atom is 0.490 e. The average molecular weight is 585 g/mol. The first kappa shape index (κ1) is 32.2. The molecule has 2 N–H and O–H groups in total. The number of alkyl halides is 6. The average Bonchev–Trinajstić information content (AvgIpc) is 3.47. The van der Waals surface area contributed by atoms with Crippen LogP contribution < -0.4 is 4.74 Å². The van der Waals surface area contributed by atoms with Gasteiger partial charge in [-0.15, -0.1) is 0 Å². The van der Waals surface area contributed by atoms with Gasteiger partial charge in [0, 0.05) is 37.6 Å². The number of carbonyl (C=O) groups is 3. The van der Waals surface area contributed by atoms with Crippen molar-refractivity contribution in [3.63, 3.8) is 0 Å². The summed E-state index contributed by atoms with van der Waals surface area (Å²) >= 11 is 0. The number of halogens is 7. The summed E-state index contributed by atoms with van der Waals surface area (Å²) in [7, 11) is 0. The molecule has 2 aromatic rings. The minimum absolute atomic E-state index is 0.000712. The summed E-state index contributed by atoms with van der Waals surface area (Å²) in [6.45, 7) is 1.55. The molecule has 0 bridgehead atoms. The number of hydrogen-bond acceptors (Lipinski definition) is 7. The lowest BCUT2D eigenvalue weighted by molar-refractivity contribution is -0.193. The lowest BCUT2D eigenvalue weighted by atomic mass is 9.98. The molecule has 0 aliphatic carbocycles. The van der Waals surface area contributed by atoms with Crippen molar-refractivity contribution in [3.8, 4) is 5.88 Å². The largest absolute Gasteiger partial charge is 0.490 e. The van der Waals surface area contributed by atoms with E-state index >= 15 is 0 Å². The minimum Gasteiger partial charge on any atom is -0.475 e. The molecule has 40 heavy (non-hydrogen) atoms. The Morgan fingerprint density at radius 3 is 2.12 bits per heavy atom. The summed E-state index contributed by atoms with van der Waals surface area (Å²) in [5.74, 6) is -5.95. The molecule has 2 fully saturated rings. The smallest absolute Gasteiger partial charge is 0.475 e. The zero-order valence-corrected chi connectivity index (χ0v) is 20.3. The summed E-state index contributed by atoms with van der Waals surface area (Å²) in [5.41, 5.74) is 0.355. The first-order valence-corrected chi connectivity index (χ1v) is 11.2. The summed E-state index contributed by atoms with van der Waals surface area (Å²) in [6, 6.07) is 8.40. The minimum atomic E-state index is -5.08. The maximum absolute atomic E-state index is 13.7. The van der Waals surface area contributed by atoms with Gasteiger partial charge in [0.1, 0.15) is 6.10 Å². The highest BCUT2D eigenvalue weighted by Gasteiger charge is 2.47. The third-order valence-corrected chi connectivity index (χ3v) is 5.39. The number of aromatic nitrogens is 2. The van der Waals surface area contributed by atoms with Gasteiger partial charge in [0.25, 0.3) is 5.88 Å². The molecule has 4 rings (SSSR count). The van der Waals surface area contributed by atoms with E-state index in [1.807, 2.05) is 23.1 Å². The number of carboxylic acid groups (broad SMARTS) is 2. The monoisotopic (exact) mass is 585 g/mol. The Bertz CT molecular complexity index is 1140. The van der Waals surface area contributed by atoms with Crippen LogP contribution in [0.25, 0.3) is 0 Å². The van der Waals surface area contributed by atoms with Gasteiger partial charge in [-0.3, -0.25) is 9.78 Å². The van der Waals surface area contributed by atoms with Crippen LogP contribution in [-0.2, 0) is 25.5 Å². The van der Waals surface area contributed by atoms with Crippen molar-refractivity contribution in [2.24, 2.45) is 0 Å². The highest BCUT2D eigenvalue weighted by Crippen LogP contribution is 2.36. The van der Waals surface area contributed by atoms with Crippen LogP contribution >= 0.6 is 0 Å². The number of carboxylic acids is 2. The van der Waals surface area contributed by atoms with E-state index in [1.54, 1.807) is 6.20 Å². The fraction of sp³-hybridized carbons (Fsp3) is 0.435. The van der Waals surface area contributed by atoms with Gasteiger partial charge in [-0.1, -0.05) is 6.07 Å². The van der Waals surface area contributed by atoms with E-state index < -0.39 is 35.7 Å². The first-order chi connectivity index (χ1) is 18.5. The molecule has 1 amide bonds. The molecule has 0 aromatic carbocycles. The predicted molar refractivity (Wildman–Crippen MR) is 118 cm³/mol. The van der Waals surface area contributed by atoms with Gasteiger partial charge in [0.15, 0.2) is 5.82 Å². The third-order valence-electron chi connectivity index (χ3n) is 5.39. The normalized spacial score (nSPS) is 20.2. The van der Waals surface area contributed by atoms with Crippen LogP contribution in [0.15, 0.2) is 42.7 Å². The van der Waals surface area contributed by atoms with Crippen molar-refractivity contribution < 1.29 is 64.8 Å². The molecule has 0 unspecified atom stereocenters. The van der Waals surface area contributed by atoms with Gasteiger partial charge in [-0.2, -0.15) is 26.3 Å². The summed E-state index contributed by atoms with van der Waals surface area (Å²) in [6.07, 6.45) is -5.58. The summed E-state index contributed by atoms with van der Waals surface area (Å²) in [5, 5.41) is 14.2. The molecule has 2 aliphatic heterocycles. The molecule has 17 heteroatoms. The second-order valence-corrected chi connectivity index (χ2v) is 8.40. The Morgan fingerprint density at radius 2 is 1.60 bits per heavy atom. The van der Waals surface area contributed by atoms with Gasteiger partial charge >= 0.3 is 24.3 Å². The fourth-order valence-electron chi connectivity index (χ4n) is 3.61. The number of carbonyl (C=O) groups excluding carboxylic acids is 1. The highest BCUT2D eigenvalue weighted by atomic mass is 19.4. The molecule has 2 saturated heterocycles. The van der Waals surface area contributed by atoms with E-state index in [4.69, 9.17) is 29.3 Å². The zero-order chi connectivity index (χ0) is 30.1. The number of amides is 1.